The van der Waals surface area contributed by atoms with Gasteiger partial charge in [-0.2, -0.15) is 12.6 Å². The number of nitrogens with two attached hydrogens (primary N) is 1. The summed E-state index contributed by atoms with van der Waals surface area (Å²) in [5.41, 5.74) is 5.04. The Bertz CT molecular complexity index is 726. The van der Waals surface area contributed by atoms with Gasteiger partial charge in [0.05, 0.1) is 24.4 Å². The van der Waals surface area contributed by atoms with Crippen molar-refractivity contribution >= 4 is 48.1 Å². The van der Waals surface area contributed by atoms with Crippen LogP contribution in [0.25, 0.3) is 0 Å². The molecule has 0 fully saturated rings. The lowest BCUT2D eigenvalue weighted by atomic mass is 10.1. The summed E-state index contributed by atoms with van der Waals surface area (Å²) < 4.78 is 0. The van der Waals surface area contributed by atoms with E-state index in [1.54, 1.807) is 13.8 Å². The van der Waals surface area contributed by atoms with Gasteiger partial charge in [0.25, 0.3) is 0 Å². The van der Waals surface area contributed by atoms with Crippen LogP contribution in [0.3, 0.4) is 0 Å². The Hall–Kier alpha value is -2.91. The van der Waals surface area contributed by atoms with Crippen molar-refractivity contribution in [3.05, 3.63) is 0 Å². The van der Waals surface area contributed by atoms with Crippen molar-refractivity contribution in [3.63, 3.8) is 0 Å². The van der Waals surface area contributed by atoms with Crippen LogP contribution in [-0.2, 0) is 28.8 Å². The zero-order valence-corrected chi connectivity index (χ0v) is 18.8. The molecule has 0 aliphatic carbocycles. The fourth-order valence-corrected chi connectivity index (χ4v) is 2.19. The molecule has 0 saturated carbocycles. The number of carboxylic acid groups (broad SMARTS) is 1. The molecule has 0 saturated heterocycles. The number of aliphatic hydroxyl groups is 1. The van der Waals surface area contributed by atoms with Gasteiger partial charge in [-0.3, -0.25) is 34.1 Å². The number of primary amides is 1. The van der Waals surface area contributed by atoms with Gasteiger partial charge in [-0.15, -0.1) is 0 Å². The maximum absolute atomic E-state index is 12.3. The highest BCUT2D eigenvalue weighted by Gasteiger charge is 2.28. The van der Waals surface area contributed by atoms with Crippen LogP contribution in [-0.4, -0.2) is 88.4 Å². The Labute approximate surface area is 189 Å². The van der Waals surface area contributed by atoms with Crippen LogP contribution >= 0.6 is 12.6 Å². The van der Waals surface area contributed by atoms with Crippen molar-refractivity contribution in [3.8, 4) is 0 Å². The number of amides is 5. The lowest BCUT2D eigenvalue weighted by Gasteiger charge is -2.23. The fourth-order valence-electron chi connectivity index (χ4n) is 2.11. The predicted octanol–water partition coefficient (Wildman–Crippen LogP) is -4.22. The zero-order chi connectivity index (χ0) is 25.1. The highest BCUT2D eigenvalue weighted by Crippen LogP contribution is 2.05. The molecule has 0 radical (unpaired) electrons. The van der Waals surface area contributed by atoms with Crippen LogP contribution in [0.2, 0.25) is 0 Å². The van der Waals surface area contributed by atoms with E-state index >= 15 is 0 Å². The number of nitrogens with one attached hydrogen (secondary N) is 5. The lowest BCUT2D eigenvalue weighted by Crippen LogP contribution is -2.57. The number of hydrogen-bond donors (Lipinski definition) is 9. The predicted molar refractivity (Wildman–Crippen MR) is 114 cm³/mol. The molecule has 0 aromatic carbocycles. The Morgan fingerprint density at radius 2 is 1.53 bits per heavy atom. The second-order valence-corrected chi connectivity index (χ2v) is 8.41. The van der Waals surface area contributed by atoms with Gasteiger partial charge in [0.2, 0.25) is 29.5 Å². The minimum Gasteiger partial charge on any atom is -0.480 e. The molecule has 182 valence electrons. The molecule has 0 aliphatic rings. The summed E-state index contributed by atoms with van der Waals surface area (Å²) in [6.45, 7) is 2.98. The maximum Gasteiger partial charge on any atom is 0.322 e. The van der Waals surface area contributed by atoms with E-state index in [4.69, 9.17) is 10.8 Å². The highest BCUT2D eigenvalue weighted by atomic mass is 32.1. The van der Waals surface area contributed by atoms with E-state index in [0.717, 1.165) is 0 Å². The molecule has 0 rings (SSSR count). The molecule has 0 heterocycles. The Balaban J connectivity index is 4.93. The molecule has 9 N–H and O–H groups in total. The number of aliphatic hydroxyl groups excluding tert-OH is 1. The number of carboxylic acids is 1. The second-order valence-electron chi connectivity index (χ2n) is 7.29. The van der Waals surface area contributed by atoms with Crippen molar-refractivity contribution in [1.82, 2.24) is 26.6 Å². The minimum absolute atomic E-state index is 0.184. The molecule has 0 aromatic heterocycles. The summed E-state index contributed by atoms with van der Waals surface area (Å²) >= 11 is 4.19. The number of carbonyl (C=O) groups excluding carboxylic acids is 5. The van der Waals surface area contributed by atoms with Crippen molar-refractivity contribution in [2.75, 3.05) is 19.7 Å². The first kappa shape index (κ1) is 29.1. The smallest absolute Gasteiger partial charge is 0.322 e. The van der Waals surface area contributed by atoms with Crippen LogP contribution in [0.4, 0.5) is 0 Å². The van der Waals surface area contributed by atoms with Crippen LogP contribution in [0.5, 0.6) is 0 Å². The highest BCUT2D eigenvalue weighted by molar-refractivity contribution is 7.81. The quantitative estimate of drug-likeness (QED) is 0.0869. The monoisotopic (exact) mass is 478 g/mol. The van der Waals surface area contributed by atoms with Crippen molar-refractivity contribution < 1.29 is 39.0 Å². The maximum atomic E-state index is 12.3. The van der Waals surface area contributed by atoms with E-state index < -0.39 is 78.1 Å². The van der Waals surface area contributed by atoms with Gasteiger partial charge in [0.15, 0.2) is 0 Å². The number of carbonyl (C=O) groups is 6. The summed E-state index contributed by atoms with van der Waals surface area (Å²) in [5, 5.41) is 29.5. The summed E-state index contributed by atoms with van der Waals surface area (Å²) in [5.74, 6) is -5.60. The van der Waals surface area contributed by atoms with Gasteiger partial charge in [-0.1, -0.05) is 0 Å². The number of aliphatic carboxylic acids is 1. The van der Waals surface area contributed by atoms with Crippen LogP contribution in [0.15, 0.2) is 0 Å². The Morgan fingerprint density at radius 3 is 2.00 bits per heavy atom. The third-order valence-corrected chi connectivity index (χ3v) is 3.88. The molecule has 32 heavy (non-hydrogen) atoms. The van der Waals surface area contributed by atoms with E-state index in [1.807, 2.05) is 5.32 Å². The van der Waals surface area contributed by atoms with Crippen LogP contribution < -0.4 is 32.3 Å². The largest absolute Gasteiger partial charge is 0.480 e. The summed E-state index contributed by atoms with van der Waals surface area (Å²) in [7, 11) is 0. The standard InChI is InChI=1S/C17H30N6O8S/c1-8(14(29)23-9(4-11(18)25)15(30)19-6-13(27)28)21-16(31)10(7-24)22-12(26)5-20-17(2,3)32/h8-10,20,24,32H,4-7H2,1-3H3,(H2,18,25)(H,19,30)(H,21,31)(H,22,26)(H,23,29)(H,27,28)/t8-,9-,10-/m0/s1. The number of hydrogen-bond acceptors (Lipinski definition) is 9. The SMILES string of the molecule is C[C@H](NC(=O)[C@H](CO)NC(=O)CNC(C)(C)S)C(=O)N[C@@H](CC(N)=O)C(=O)NCC(=O)O. The van der Waals surface area contributed by atoms with E-state index in [1.165, 1.54) is 6.92 Å². The summed E-state index contributed by atoms with van der Waals surface area (Å²) in [6, 6.07) is -4.07. The average molecular weight is 479 g/mol. The molecule has 0 aromatic rings. The van der Waals surface area contributed by atoms with Gasteiger partial charge in [0, 0.05) is 0 Å². The molecule has 0 bridgehead atoms. The molecule has 0 spiro atoms. The first-order valence-corrected chi connectivity index (χ1v) is 9.87. The normalized spacial score (nSPS) is 13.8. The van der Waals surface area contributed by atoms with E-state index in [9.17, 15) is 33.9 Å². The van der Waals surface area contributed by atoms with Crippen molar-refractivity contribution in [2.45, 2.75) is 50.2 Å². The first-order chi connectivity index (χ1) is 14.7. The molecule has 3 atom stereocenters. The van der Waals surface area contributed by atoms with E-state index in [2.05, 4.69) is 33.9 Å². The van der Waals surface area contributed by atoms with Crippen LogP contribution in [0, 0.1) is 0 Å². The van der Waals surface area contributed by atoms with Crippen molar-refractivity contribution in [2.24, 2.45) is 5.73 Å². The van der Waals surface area contributed by atoms with Gasteiger partial charge in [0.1, 0.15) is 24.7 Å². The van der Waals surface area contributed by atoms with Gasteiger partial charge in [-0.05, 0) is 20.8 Å². The number of rotatable bonds is 14. The Morgan fingerprint density at radius 1 is 0.938 bits per heavy atom. The summed E-state index contributed by atoms with van der Waals surface area (Å²) in [4.78, 5) is 69.6. The zero-order valence-electron chi connectivity index (χ0n) is 17.9. The molecule has 0 unspecified atom stereocenters. The third kappa shape index (κ3) is 12.7. The van der Waals surface area contributed by atoms with Crippen LogP contribution in [0.1, 0.15) is 27.2 Å². The van der Waals surface area contributed by atoms with Gasteiger partial charge >= 0.3 is 5.97 Å². The van der Waals surface area contributed by atoms with E-state index in [-0.39, 0.29) is 6.54 Å². The first-order valence-electron chi connectivity index (χ1n) is 9.42. The summed E-state index contributed by atoms with van der Waals surface area (Å²) in [6.07, 6.45) is -0.609. The van der Waals surface area contributed by atoms with Gasteiger partial charge < -0.3 is 37.2 Å². The van der Waals surface area contributed by atoms with Crippen molar-refractivity contribution in [1.29, 1.82) is 0 Å². The minimum atomic E-state index is -1.47. The Kier molecular flexibility index (Phi) is 12.3. The average Bonchev–Trinajstić information content (AvgIpc) is 2.66. The second kappa shape index (κ2) is 13.5. The molecule has 5 amide bonds. The molecule has 15 heteroatoms. The fraction of sp³-hybridized carbons (Fsp3) is 0.647. The third-order valence-electron chi connectivity index (χ3n) is 3.72. The molecular weight excluding hydrogens is 448 g/mol. The topological polar surface area (TPSA) is 229 Å². The lowest BCUT2D eigenvalue weighted by molar-refractivity contribution is -0.138. The van der Waals surface area contributed by atoms with E-state index in [0.29, 0.717) is 0 Å². The molecule has 0 aliphatic heterocycles. The molecular formula is C17H30N6O8S. The van der Waals surface area contributed by atoms with Gasteiger partial charge in [-0.25, -0.2) is 0 Å². The molecule has 14 nitrogen and oxygen atoms in total. The number of thiol groups is 1.